The molecule has 0 spiro atoms. The van der Waals surface area contributed by atoms with Gasteiger partial charge in [-0.25, -0.2) is 4.98 Å². The van der Waals surface area contributed by atoms with Gasteiger partial charge in [0.25, 0.3) is 5.91 Å². The van der Waals surface area contributed by atoms with E-state index in [2.05, 4.69) is 10.3 Å². The van der Waals surface area contributed by atoms with E-state index in [4.69, 9.17) is 18.3 Å². The van der Waals surface area contributed by atoms with E-state index in [0.29, 0.717) is 28.7 Å². The Morgan fingerprint density at radius 1 is 1.00 bits per heavy atom. The number of oxazole rings is 1. The molecule has 3 aromatic carbocycles. The molecule has 8 heteroatoms. The normalized spacial score (nSPS) is 12.0. The van der Waals surface area contributed by atoms with Crippen LogP contribution in [-0.2, 0) is 20.7 Å². The molecule has 0 fully saturated rings. The summed E-state index contributed by atoms with van der Waals surface area (Å²) >= 11 is 0. The maximum atomic E-state index is 12.8. The average Bonchev–Trinajstić information content (AvgIpc) is 3.51. The average molecular weight is 499 g/mol. The summed E-state index contributed by atoms with van der Waals surface area (Å²) < 4.78 is 22.5. The number of methoxy groups -OCH3 is 1. The van der Waals surface area contributed by atoms with Gasteiger partial charge in [0.05, 0.1) is 25.4 Å². The van der Waals surface area contributed by atoms with Crippen LogP contribution in [0.1, 0.15) is 24.8 Å². The third-order valence-electron chi connectivity index (χ3n) is 6.07. The molecular formula is C29H26N2O6. The van der Waals surface area contributed by atoms with Crippen LogP contribution in [0.5, 0.6) is 5.75 Å². The van der Waals surface area contributed by atoms with E-state index in [1.165, 1.54) is 14.0 Å². The SMILES string of the molecule is COc1cc2c(cc1NC(=O)C(C)OC(=O)CCc1ncc(-c3ccc(C)cc3)o1)oc1ccccc12. The summed E-state index contributed by atoms with van der Waals surface area (Å²) in [7, 11) is 1.52. The van der Waals surface area contributed by atoms with Crippen LogP contribution in [0.15, 0.2) is 75.7 Å². The maximum absolute atomic E-state index is 12.8. The van der Waals surface area contributed by atoms with Crippen LogP contribution < -0.4 is 10.1 Å². The highest BCUT2D eigenvalue weighted by Gasteiger charge is 2.21. The summed E-state index contributed by atoms with van der Waals surface area (Å²) in [5.41, 5.74) is 3.83. The van der Waals surface area contributed by atoms with Crippen molar-refractivity contribution in [2.24, 2.45) is 0 Å². The van der Waals surface area contributed by atoms with Crippen LogP contribution in [0.2, 0.25) is 0 Å². The van der Waals surface area contributed by atoms with Crippen molar-refractivity contribution in [2.45, 2.75) is 32.8 Å². The molecule has 1 amide bonds. The summed E-state index contributed by atoms with van der Waals surface area (Å²) in [4.78, 5) is 29.4. The first kappa shape index (κ1) is 24.1. The van der Waals surface area contributed by atoms with Crippen molar-refractivity contribution in [3.63, 3.8) is 0 Å². The number of aromatic nitrogens is 1. The molecule has 0 aliphatic heterocycles. The lowest BCUT2D eigenvalue weighted by molar-refractivity contribution is -0.153. The molecule has 2 aromatic heterocycles. The second-order valence-electron chi connectivity index (χ2n) is 8.75. The molecular weight excluding hydrogens is 472 g/mol. The number of esters is 1. The van der Waals surface area contributed by atoms with Gasteiger partial charge < -0.3 is 23.6 Å². The predicted molar refractivity (Wildman–Crippen MR) is 139 cm³/mol. The molecule has 1 unspecified atom stereocenters. The smallest absolute Gasteiger partial charge is 0.307 e. The van der Waals surface area contributed by atoms with Crippen molar-refractivity contribution in [2.75, 3.05) is 12.4 Å². The first-order chi connectivity index (χ1) is 17.9. The van der Waals surface area contributed by atoms with E-state index in [9.17, 15) is 9.59 Å². The number of benzene rings is 3. The number of nitrogens with one attached hydrogen (secondary N) is 1. The van der Waals surface area contributed by atoms with Crippen LogP contribution in [0, 0.1) is 6.92 Å². The summed E-state index contributed by atoms with van der Waals surface area (Å²) in [6, 6.07) is 19.1. The zero-order valence-electron chi connectivity index (χ0n) is 20.7. The van der Waals surface area contributed by atoms with Gasteiger partial charge in [0, 0.05) is 28.8 Å². The Bertz CT molecular complexity index is 1580. The van der Waals surface area contributed by atoms with Gasteiger partial charge in [-0.15, -0.1) is 0 Å². The number of carbonyl (C=O) groups excluding carboxylic acids is 2. The fourth-order valence-electron chi connectivity index (χ4n) is 4.05. The molecule has 0 aliphatic carbocycles. The Morgan fingerprint density at radius 2 is 1.78 bits per heavy atom. The number of rotatable bonds is 8. The molecule has 37 heavy (non-hydrogen) atoms. The zero-order chi connectivity index (χ0) is 25.9. The number of hydrogen-bond donors (Lipinski definition) is 1. The Hall–Kier alpha value is -4.59. The molecule has 0 bridgehead atoms. The minimum atomic E-state index is -1.02. The Kier molecular flexibility index (Phi) is 6.64. The van der Waals surface area contributed by atoms with Gasteiger partial charge in [0.15, 0.2) is 17.8 Å². The van der Waals surface area contributed by atoms with Crippen LogP contribution in [-0.4, -0.2) is 30.1 Å². The fraction of sp³-hybridized carbons (Fsp3) is 0.207. The van der Waals surface area contributed by atoms with E-state index >= 15 is 0 Å². The number of hydrogen-bond acceptors (Lipinski definition) is 7. The first-order valence-electron chi connectivity index (χ1n) is 11.9. The van der Waals surface area contributed by atoms with Crippen molar-refractivity contribution in [1.82, 2.24) is 4.98 Å². The van der Waals surface area contributed by atoms with Gasteiger partial charge >= 0.3 is 5.97 Å². The molecule has 5 rings (SSSR count). The monoisotopic (exact) mass is 498 g/mol. The van der Waals surface area contributed by atoms with Gasteiger partial charge in [-0.05, 0) is 26.0 Å². The largest absolute Gasteiger partial charge is 0.495 e. The highest BCUT2D eigenvalue weighted by Crippen LogP contribution is 2.36. The fourth-order valence-corrected chi connectivity index (χ4v) is 4.05. The Morgan fingerprint density at radius 3 is 2.57 bits per heavy atom. The summed E-state index contributed by atoms with van der Waals surface area (Å²) in [6.07, 6.45) is 0.902. The molecule has 1 N–H and O–H groups in total. The highest BCUT2D eigenvalue weighted by atomic mass is 16.5. The topological polar surface area (TPSA) is 104 Å². The minimum absolute atomic E-state index is 0.0275. The standard InChI is InChI=1S/C29H26N2O6/c1-17-8-10-19(11-9-17)26-16-30-27(37-26)12-13-28(32)35-18(2)29(33)31-22-15-24-21(14-25(22)34-3)20-6-4-5-7-23(20)36-24/h4-11,14-16,18H,12-13H2,1-3H3,(H,31,33). The van der Waals surface area contributed by atoms with Gasteiger partial charge in [-0.2, -0.15) is 0 Å². The van der Waals surface area contributed by atoms with Crippen molar-refractivity contribution in [3.05, 3.63) is 78.3 Å². The summed E-state index contributed by atoms with van der Waals surface area (Å²) in [6.45, 7) is 3.53. The minimum Gasteiger partial charge on any atom is -0.495 e. The highest BCUT2D eigenvalue weighted by molar-refractivity contribution is 6.08. The number of carbonyl (C=O) groups is 2. The van der Waals surface area contributed by atoms with Gasteiger partial charge in [0.1, 0.15) is 16.9 Å². The third kappa shape index (κ3) is 5.18. The number of furan rings is 1. The van der Waals surface area contributed by atoms with Gasteiger partial charge in [-0.3, -0.25) is 9.59 Å². The van der Waals surface area contributed by atoms with E-state index in [0.717, 1.165) is 27.5 Å². The maximum Gasteiger partial charge on any atom is 0.307 e. The number of ether oxygens (including phenoxy) is 2. The molecule has 5 aromatic rings. The lowest BCUT2D eigenvalue weighted by Gasteiger charge is -2.15. The Balaban J connectivity index is 1.19. The predicted octanol–water partition coefficient (Wildman–Crippen LogP) is 6.06. The second-order valence-corrected chi connectivity index (χ2v) is 8.75. The number of nitrogens with zero attached hydrogens (tertiary/aromatic N) is 1. The molecule has 2 heterocycles. The van der Waals surface area contributed by atoms with Gasteiger partial charge in [0.2, 0.25) is 0 Å². The van der Waals surface area contributed by atoms with Crippen LogP contribution >= 0.6 is 0 Å². The quantitative estimate of drug-likeness (QED) is 0.259. The van der Waals surface area contributed by atoms with Crippen LogP contribution in [0.4, 0.5) is 5.69 Å². The van der Waals surface area contributed by atoms with E-state index in [1.54, 1.807) is 12.3 Å². The molecule has 0 saturated heterocycles. The van der Waals surface area contributed by atoms with Crippen molar-refractivity contribution in [1.29, 1.82) is 0 Å². The molecule has 0 aliphatic rings. The molecule has 0 radical (unpaired) electrons. The third-order valence-corrected chi connectivity index (χ3v) is 6.07. The van der Waals surface area contributed by atoms with Crippen LogP contribution in [0.25, 0.3) is 33.3 Å². The first-order valence-corrected chi connectivity index (χ1v) is 11.9. The second kappa shape index (κ2) is 10.2. The van der Waals surface area contributed by atoms with E-state index in [-0.39, 0.29) is 12.8 Å². The molecule has 8 nitrogen and oxygen atoms in total. The van der Waals surface area contributed by atoms with Crippen molar-refractivity contribution >= 4 is 39.5 Å². The lowest BCUT2D eigenvalue weighted by atomic mass is 10.1. The van der Waals surface area contributed by atoms with E-state index < -0.39 is 18.0 Å². The molecule has 0 saturated carbocycles. The van der Waals surface area contributed by atoms with E-state index in [1.807, 2.05) is 61.5 Å². The number of amides is 1. The number of anilines is 1. The molecule has 1 atom stereocenters. The lowest BCUT2D eigenvalue weighted by Crippen LogP contribution is -2.30. The Labute approximate surface area is 213 Å². The van der Waals surface area contributed by atoms with Gasteiger partial charge in [-0.1, -0.05) is 48.0 Å². The summed E-state index contributed by atoms with van der Waals surface area (Å²) in [5, 5.41) is 4.60. The number of para-hydroxylation sites is 1. The number of fused-ring (bicyclic) bond motifs is 3. The number of aryl methyl sites for hydroxylation is 2. The summed E-state index contributed by atoms with van der Waals surface area (Å²) in [5.74, 6) is 0.511. The van der Waals surface area contributed by atoms with Crippen molar-refractivity contribution < 1.29 is 27.9 Å². The molecule has 188 valence electrons. The zero-order valence-corrected chi connectivity index (χ0v) is 20.7. The van der Waals surface area contributed by atoms with Crippen molar-refractivity contribution in [3.8, 4) is 17.1 Å². The van der Waals surface area contributed by atoms with Crippen LogP contribution in [0.3, 0.4) is 0 Å².